The Kier molecular flexibility index (Phi) is 2.19. The van der Waals surface area contributed by atoms with Crippen LogP contribution in [0.1, 0.15) is 5.56 Å². The Labute approximate surface area is 77.1 Å². The maximum absolute atomic E-state index is 9.07. The second-order valence-electron chi connectivity index (χ2n) is 3.04. The lowest BCUT2D eigenvalue weighted by atomic mass is 10.2. The van der Waals surface area contributed by atoms with Gasteiger partial charge in [0.15, 0.2) is 0 Å². The van der Waals surface area contributed by atoms with E-state index in [0.29, 0.717) is 5.75 Å². The molecule has 1 heterocycles. The van der Waals surface area contributed by atoms with E-state index in [-0.39, 0.29) is 0 Å². The summed E-state index contributed by atoms with van der Waals surface area (Å²) in [7, 11) is 0. The summed E-state index contributed by atoms with van der Waals surface area (Å²) >= 11 is 0. The highest BCUT2D eigenvalue weighted by molar-refractivity contribution is 5.54. The van der Waals surface area contributed by atoms with Crippen LogP contribution in [-0.2, 0) is 0 Å². The Bertz CT molecular complexity index is 308. The SMILES string of the molecule is Oc1ccc(C=C2CNCN2)cc1. The summed E-state index contributed by atoms with van der Waals surface area (Å²) in [6.07, 6.45) is 2.07. The van der Waals surface area contributed by atoms with Gasteiger partial charge in [0, 0.05) is 12.2 Å². The van der Waals surface area contributed by atoms with Crippen molar-refractivity contribution < 1.29 is 5.11 Å². The Hall–Kier alpha value is -1.48. The molecule has 0 aliphatic carbocycles. The number of aromatic hydroxyl groups is 1. The number of hydrogen-bond acceptors (Lipinski definition) is 3. The lowest BCUT2D eigenvalue weighted by Gasteiger charge is -1.98. The first kappa shape index (κ1) is 8.13. The molecule has 0 unspecified atom stereocenters. The second kappa shape index (κ2) is 3.49. The third-order valence-electron chi connectivity index (χ3n) is 1.99. The van der Waals surface area contributed by atoms with Crippen LogP contribution >= 0.6 is 0 Å². The number of rotatable bonds is 1. The van der Waals surface area contributed by atoms with Gasteiger partial charge in [-0.25, -0.2) is 0 Å². The molecule has 0 amide bonds. The number of benzene rings is 1. The zero-order valence-corrected chi connectivity index (χ0v) is 7.25. The van der Waals surface area contributed by atoms with Gasteiger partial charge >= 0.3 is 0 Å². The van der Waals surface area contributed by atoms with Crippen LogP contribution in [0.25, 0.3) is 6.08 Å². The van der Waals surface area contributed by atoms with Crippen molar-refractivity contribution in [1.82, 2.24) is 10.6 Å². The molecule has 3 heteroatoms. The number of nitrogens with one attached hydrogen (secondary N) is 2. The molecule has 0 radical (unpaired) electrons. The summed E-state index contributed by atoms with van der Waals surface area (Å²) < 4.78 is 0. The van der Waals surface area contributed by atoms with Gasteiger partial charge in [0.2, 0.25) is 0 Å². The standard InChI is InChI=1S/C10H12N2O/c13-10-3-1-8(2-4-10)5-9-6-11-7-12-9/h1-5,11-13H,6-7H2. The van der Waals surface area contributed by atoms with Crippen LogP contribution in [0.15, 0.2) is 30.0 Å². The van der Waals surface area contributed by atoms with Gasteiger partial charge in [0.1, 0.15) is 5.75 Å². The van der Waals surface area contributed by atoms with E-state index in [1.165, 1.54) is 5.70 Å². The normalized spacial score (nSPS) is 18.9. The van der Waals surface area contributed by atoms with Gasteiger partial charge in [-0.2, -0.15) is 0 Å². The Morgan fingerprint density at radius 1 is 1.23 bits per heavy atom. The van der Waals surface area contributed by atoms with Crippen molar-refractivity contribution in [3.05, 3.63) is 35.5 Å². The van der Waals surface area contributed by atoms with E-state index in [1.807, 2.05) is 12.1 Å². The van der Waals surface area contributed by atoms with Crippen molar-refractivity contribution in [2.24, 2.45) is 0 Å². The predicted octanol–water partition coefficient (Wildman–Crippen LogP) is 0.883. The molecular weight excluding hydrogens is 164 g/mol. The molecule has 0 spiro atoms. The van der Waals surface area contributed by atoms with Crippen molar-refractivity contribution in [3.63, 3.8) is 0 Å². The monoisotopic (exact) mass is 176 g/mol. The third kappa shape index (κ3) is 2.00. The first-order chi connectivity index (χ1) is 6.34. The van der Waals surface area contributed by atoms with Crippen LogP contribution in [0.4, 0.5) is 0 Å². The molecule has 1 fully saturated rings. The number of phenols is 1. The zero-order chi connectivity index (χ0) is 9.10. The molecule has 68 valence electrons. The minimum atomic E-state index is 0.305. The van der Waals surface area contributed by atoms with E-state index in [9.17, 15) is 0 Å². The third-order valence-corrected chi connectivity index (χ3v) is 1.99. The summed E-state index contributed by atoms with van der Waals surface area (Å²) in [6.45, 7) is 1.73. The minimum absolute atomic E-state index is 0.305. The Morgan fingerprint density at radius 2 is 2.00 bits per heavy atom. The van der Waals surface area contributed by atoms with Gasteiger partial charge in [-0.1, -0.05) is 12.1 Å². The number of phenolic OH excluding ortho intramolecular Hbond substituents is 1. The molecule has 3 N–H and O–H groups in total. The van der Waals surface area contributed by atoms with Gasteiger partial charge in [0.05, 0.1) is 6.67 Å². The molecule has 3 nitrogen and oxygen atoms in total. The highest BCUT2D eigenvalue weighted by atomic mass is 16.3. The summed E-state index contributed by atoms with van der Waals surface area (Å²) in [5, 5.41) is 15.5. The van der Waals surface area contributed by atoms with Crippen molar-refractivity contribution in [2.45, 2.75) is 0 Å². The zero-order valence-electron chi connectivity index (χ0n) is 7.25. The smallest absolute Gasteiger partial charge is 0.115 e. The Balaban J connectivity index is 2.17. The maximum atomic E-state index is 9.07. The van der Waals surface area contributed by atoms with Crippen LogP contribution in [-0.4, -0.2) is 18.3 Å². The minimum Gasteiger partial charge on any atom is -0.508 e. The molecule has 1 saturated heterocycles. The van der Waals surface area contributed by atoms with E-state index in [1.54, 1.807) is 12.1 Å². The quantitative estimate of drug-likeness (QED) is 0.595. The summed E-state index contributed by atoms with van der Waals surface area (Å²) in [6, 6.07) is 7.16. The van der Waals surface area contributed by atoms with Crippen LogP contribution in [0, 0.1) is 0 Å². The summed E-state index contributed by atoms with van der Waals surface area (Å²) in [5.74, 6) is 0.305. The topological polar surface area (TPSA) is 44.3 Å². The van der Waals surface area contributed by atoms with E-state index >= 15 is 0 Å². The fourth-order valence-electron chi connectivity index (χ4n) is 1.31. The fraction of sp³-hybridized carbons (Fsp3) is 0.200. The average molecular weight is 176 g/mol. The second-order valence-corrected chi connectivity index (χ2v) is 3.04. The average Bonchev–Trinajstić information content (AvgIpc) is 2.62. The Morgan fingerprint density at radius 3 is 2.62 bits per heavy atom. The van der Waals surface area contributed by atoms with Crippen molar-refractivity contribution in [2.75, 3.05) is 13.2 Å². The van der Waals surface area contributed by atoms with E-state index in [4.69, 9.17) is 5.11 Å². The van der Waals surface area contributed by atoms with Gasteiger partial charge < -0.3 is 10.4 Å². The van der Waals surface area contributed by atoms with Crippen molar-refractivity contribution >= 4 is 6.08 Å². The van der Waals surface area contributed by atoms with Gasteiger partial charge in [-0.3, -0.25) is 5.32 Å². The molecule has 1 aromatic rings. The fourth-order valence-corrected chi connectivity index (χ4v) is 1.31. The van der Waals surface area contributed by atoms with E-state index in [2.05, 4.69) is 16.7 Å². The molecular formula is C10H12N2O. The van der Waals surface area contributed by atoms with Crippen LogP contribution in [0.2, 0.25) is 0 Å². The van der Waals surface area contributed by atoms with Crippen molar-refractivity contribution in [3.8, 4) is 5.75 Å². The van der Waals surface area contributed by atoms with Gasteiger partial charge in [0.25, 0.3) is 0 Å². The maximum Gasteiger partial charge on any atom is 0.115 e. The summed E-state index contributed by atoms with van der Waals surface area (Å²) in [5.41, 5.74) is 2.29. The van der Waals surface area contributed by atoms with E-state index in [0.717, 1.165) is 18.8 Å². The van der Waals surface area contributed by atoms with Crippen LogP contribution in [0.3, 0.4) is 0 Å². The molecule has 2 rings (SSSR count). The number of hydrogen-bond donors (Lipinski definition) is 3. The van der Waals surface area contributed by atoms with Gasteiger partial charge in [-0.15, -0.1) is 0 Å². The first-order valence-corrected chi connectivity index (χ1v) is 4.29. The van der Waals surface area contributed by atoms with Crippen molar-refractivity contribution in [1.29, 1.82) is 0 Å². The first-order valence-electron chi connectivity index (χ1n) is 4.29. The predicted molar refractivity (Wildman–Crippen MR) is 52.1 cm³/mol. The molecule has 0 atom stereocenters. The lowest BCUT2D eigenvalue weighted by molar-refractivity contribution is 0.475. The molecule has 0 bridgehead atoms. The van der Waals surface area contributed by atoms with E-state index < -0.39 is 0 Å². The largest absolute Gasteiger partial charge is 0.508 e. The van der Waals surface area contributed by atoms with Gasteiger partial charge in [-0.05, 0) is 23.8 Å². The summed E-state index contributed by atoms with van der Waals surface area (Å²) in [4.78, 5) is 0. The lowest BCUT2D eigenvalue weighted by Crippen LogP contribution is -2.10. The molecule has 1 aromatic carbocycles. The highest BCUT2D eigenvalue weighted by Gasteiger charge is 2.02. The molecule has 1 aliphatic rings. The molecule has 1 aliphatic heterocycles. The highest BCUT2D eigenvalue weighted by Crippen LogP contribution is 2.12. The molecule has 0 aromatic heterocycles. The van der Waals surface area contributed by atoms with Crippen LogP contribution < -0.4 is 10.6 Å². The molecule has 0 saturated carbocycles. The molecule has 13 heavy (non-hydrogen) atoms. The van der Waals surface area contributed by atoms with Crippen LogP contribution in [0.5, 0.6) is 5.75 Å².